The number of aromatic amines is 1. The Kier molecular flexibility index (Phi) is 7.00. The first kappa shape index (κ1) is 26.0. The summed E-state index contributed by atoms with van der Waals surface area (Å²) in [6, 6.07) is 24.0. The van der Waals surface area contributed by atoms with Crippen LogP contribution in [0.4, 0.5) is 0 Å². The van der Waals surface area contributed by atoms with Crippen molar-refractivity contribution in [3.05, 3.63) is 107 Å². The van der Waals surface area contributed by atoms with Gasteiger partial charge >= 0.3 is 0 Å². The van der Waals surface area contributed by atoms with Gasteiger partial charge in [0.15, 0.2) is 0 Å². The molecule has 0 aliphatic carbocycles. The number of amides is 2. The quantitative estimate of drug-likeness (QED) is 0.241. The smallest absolute Gasteiger partial charge is 0.235 e. The number of nitrogens with zero attached hydrogens (tertiary/aromatic N) is 1. The van der Waals surface area contributed by atoms with E-state index in [-0.39, 0.29) is 17.9 Å². The van der Waals surface area contributed by atoms with Crippen molar-refractivity contribution in [1.29, 1.82) is 0 Å². The number of hydrogen-bond donors (Lipinski definition) is 4. The predicted octanol–water partition coefficient (Wildman–Crippen LogP) is 4.92. The van der Waals surface area contributed by atoms with Crippen molar-refractivity contribution >= 4 is 33.6 Å². The van der Waals surface area contributed by atoms with Gasteiger partial charge in [-0.3, -0.25) is 14.9 Å². The molecule has 1 fully saturated rings. The predicted molar refractivity (Wildman–Crippen MR) is 157 cm³/mol. The number of rotatable bonds is 5. The van der Waals surface area contributed by atoms with E-state index in [1.165, 1.54) is 11.1 Å². The van der Waals surface area contributed by atoms with Crippen LogP contribution in [0.5, 0.6) is 0 Å². The van der Waals surface area contributed by atoms with Crippen LogP contribution in [0, 0.1) is 0 Å². The molecule has 0 saturated carbocycles. The lowest BCUT2D eigenvalue weighted by molar-refractivity contribution is -0.125. The minimum absolute atomic E-state index is 0.0902. The molecule has 7 heteroatoms. The highest BCUT2D eigenvalue weighted by Crippen LogP contribution is 2.44. The number of aliphatic hydroxyl groups excluding tert-OH is 1. The fraction of sp³-hybridized carbons (Fsp3) is 0.273. The summed E-state index contributed by atoms with van der Waals surface area (Å²) in [5.74, 6) is -1.45. The van der Waals surface area contributed by atoms with E-state index in [4.69, 9.17) is 0 Å². The summed E-state index contributed by atoms with van der Waals surface area (Å²) in [6.07, 6.45) is 5.71. The molecule has 40 heavy (non-hydrogen) atoms. The van der Waals surface area contributed by atoms with Crippen LogP contribution < -0.4 is 10.6 Å². The van der Waals surface area contributed by atoms with Gasteiger partial charge in [0.1, 0.15) is 0 Å². The Hall–Kier alpha value is -4.20. The van der Waals surface area contributed by atoms with Gasteiger partial charge in [-0.15, -0.1) is 0 Å². The minimum atomic E-state index is -0.521. The number of para-hydroxylation sites is 2. The van der Waals surface area contributed by atoms with E-state index in [1.807, 2.05) is 74.8 Å². The Morgan fingerprint density at radius 1 is 0.900 bits per heavy atom. The van der Waals surface area contributed by atoms with Crippen LogP contribution in [0.25, 0.3) is 21.8 Å². The van der Waals surface area contributed by atoms with Crippen LogP contribution in [0.15, 0.2) is 85.2 Å². The number of carbonyl (C=O) groups is 2. The number of nitrogens with one attached hydrogen (secondary N) is 3. The number of fused-ring (bicyclic) bond motifs is 1. The zero-order valence-electron chi connectivity index (χ0n) is 22.7. The molecule has 1 saturated heterocycles. The maximum Gasteiger partial charge on any atom is 0.235 e. The summed E-state index contributed by atoms with van der Waals surface area (Å²) >= 11 is 0. The molecule has 0 radical (unpaired) electrons. The van der Waals surface area contributed by atoms with E-state index in [0.29, 0.717) is 0 Å². The highest BCUT2D eigenvalue weighted by atomic mass is 16.3. The van der Waals surface area contributed by atoms with Crippen molar-refractivity contribution in [1.82, 2.24) is 20.2 Å². The maximum atomic E-state index is 12.9. The molecule has 7 nitrogen and oxygen atoms in total. The van der Waals surface area contributed by atoms with Crippen LogP contribution in [0.3, 0.4) is 0 Å². The van der Waals surface area contributed by atoms with Crippen LogP contribution in [-0.2, 0) is 22.6 Å². The van der Waals surface area contributed by atoms with Crippen molar-refractivity contribution in [2.24, 2.45) is 0 Å². The van der Waals surface area contributed by atoms with Gasteiger partial charge in [0, 0.05) is 41.3 Å². The fourth-order valence-electron chi connectivity index (χ4n) is 6.20. The molecule has 2 amide bonds. The molecule has 2 aromatic heterocycles. The monoisotopic (exact) mass is 534 g/mol. The summed E-state index contributed by atoms with van der Waals surface area (Å²) in [5, 5.41) is 17.4. The van der Waals surface area contributed by atoms with Crippen molar-refractivity contribution in [2.75, 3.05) is 7.05 Å². The standard InChI is InChI=1S/C23H19N3O2.C10H15NO/c27-22-19(16-11-24-18-9-2-1-7-14(16)18)20(23(28)25-22)17-12-26-10-4-6-13-5-3-8-15(17)21(13)26;1-8(11-2)10(12)9-6-4-3-5-7-9/h1-3,5,7-9,11-12,19-20,24H,4,6,10H2,(H,25,27,28);3-8,10-12H,1-2H3/t19-,20-;8-,10+/m10/s1. The molecule has 204 valence electrons. The first-order valence-electron chi connectivity index (χ1n) is 13.9. The second-order valence-corrected chi connectivity index (χ2v) is 10.7. The molecular formula is C33H34N4O3. The van der Waals surface area contributed by atoms with Crippen LogP contribution >= 0.6 is 0 Å². The summed E-state index contributed by atoms with van der Waals surface area (Å²) in [4.78, 5) is 29.0. The molecular weight excluding hydrogens is 500 g/mol. The minimum Gasteiger partial charge on any atom is -0.387 e. The van der Waals surface area contributed by atoms with Gasteiger partial charge in [-0.2, -0.15) is 0 Å². The van der Waals surface area contributed by atoms with Crippen LogP contribution in [0.1, 0.15) is 53.5 Å². The van der Waals surface area contributed by atoms with Gasteiger partial charge in [0.05, 0.1) is 23.5 Å². The van der Waals surface area contributed by atoms with Crippen LogP contribution in [0.2, 0.25) is 0 Å². The largest absolute Gasteiger partial charge is 0.387 e. The average molecular weight is 535 g/mol. The van der Waals surface area contributed by atoms with Gasteiger partial charge in [-0.25, -0.2) is 0 Å². The highest BCUT2D eigenvalue weighted by molar-refractivity contribution is 6.13. The molecule has 3 aromatic carbocycles. The fourth-order valence-corrected chi connectivity index (χ4v) is 6.20. The number of benzene rings is 3. The Morgan fingerprint density at radius 3 is 2.38 bits per heavy atom. The summed E-state index contributed by atoms with van der Waals surface area (Å²) in [5.41, 5.74) is 6.32. The van der Waals surface area contributed by atoms with Crippen LogP contribution in [-0.4, -0.2) is 39.6 Å². The third kappa shape index (κ3) is 4.51. The molecule has 4 atom stereocenters. The lowest BCUT2D eigenvalue weighted by Gasteiger charge is -2.17. The van der Waals surface area contributed by atoms with Gasteiger partial charge in [-0.05, 0) is 55.1 Å². The highest BCUT2D eigenvalue weighted by Gasteiger charge is 2.45. The normalized spacial score (nSPS) is 19.8. The van der Waals surface area contributed by atoms with Crippen molar-refractivity contribution in [2.45, 2.75) is 50.3 Å². The van der Waals surface area contributed by atoms with Gasteiger partial charge < -0.3 is 20.0 Å². The number of imide groups is 1. The second kappa shape index (κ2) is 10.8. The average Bonchev–Trinajstić information content (AvgIpc) is 3.66. The van der Waals surface area contributed by atoms with E-state index < -0.39 is 17.9 Å². The number of aliphatic hydroxyl groups is 1. The number of hydrogen-bond acceptors (Lipinski definition) is 4. The van der Waals surface area contributed by atoms with E-state index in [9.17, 15) is 14.7 Å². The SMILES string of the molecule is CN[C@@H](C)[C@@H](O)c1ccccc1.O=C1NC(=O)[C@H](c2cn3c4c(cccc24)CCC3)[C@H]1c1c[nH]c2ccccc12. The second-order valence-electron chi connectivity index (χ2n) is 10.7. The number of aryl methyl sites for hydroxylation is 2. The van der Waals surface area contributed by atoms with Crippen molar-refractivity contribution < 1.29 is 14.7 Å². The third-order valence-electron chi connectivity index (χ3n) is 8.36. The number of aromatic nitrogens is 2. The number of H-pyrrole nitrogens is 1. The lowest BCUT2D eigenvalue weighted by atomic mass is 9.83. The first-order valence-corrected chi connectivity index (χ1v) is 13.9. The van der Waals surface area contributed by atoms with Crippen molar-refractivity contribution in [3.63, 3.8) is 0 Å². The number of carbonyl (C=O) groups excluding carboxylic acids is 2. The molecule has 0 unspecified atom stereocenters. The number of likely N-dealkylation sites (N-methyl/N-ethyl adjacent to an activating group) is 1. The van der Waals surface area contributed by atoms with E-state index in [1.54, 1.807) is 0 Å². The topological polar surface area (TPSA) is 99.2 Å². The van der Waals surface area contributed by atoms with Gasteiger partial charge in [-0.1, -0.05) is 66.7 Å². The Balaban J connectivity index is 0.000000204. The molecule has 2 aliphatic heterocycles. The van der Waals surface area contributed by atoms with Gasteiger partial charge in [0.25, 0.3) is 0 Å². The molecule has 4 heterocycles. The van der Waals surface area contributed by atoms with Gasteiger partial charge in [0.2, 0.25) is 11.8 Å². The Bertz CT molecular complexity index is 1690. The maximum absolute atomic E-state index is 12.9. The lowest BCUT2D eigenvalue weighted by Crippen LogP contribution is -2.28. The van der Waals surface area contributed by atoms with E-state index in [2.05, 4.69) is 44.6 Å². The zero-order chi connectivity index (χ0) is 27.8. The van der Waals surface area contributed by atoms with Crippen molar-refractivity contribution in [3.8, 4) is 0 Å². The third-order valence-corrected chi connectivity index (χ3v) is 8.36. The van der Waals surface area contributed by atoms with E-state index in [0.717, 1.165) is 52.4 Å². The zero-order valence-corrected chi connectivity index (χ0v) is 22.7. The van der Waals surface area contributed by atoms with E-state index >= 15 is 0 Å². The Morgan fingerprint density at radius 2 is 1.60 bits per heavy atom. The molecule has 7 rings (SSSR count). The summed E-state index contributed by atoms with van der Waals surface area (Å²) < 4.78 is 2.26. The summed E-state index contributed by atoms with van der Waals surface area (Å²) in [6.45, 7) is 2.91. The molecule has 0 spiro atoms. The molecule has 5 aromatic rings. The molecule has 4 N–H and O–H groups in total. The molecule has 0 bridgehead atoms. The first-order chi connectivity index (χ1) is 19.5. The molecule has 2 aliphatic rings. The summed E-state index contributed by atoms with van der Waals surface area (Å²) in [7, 11) is 1.84. The Labute approximate surface area is 233 Å².